The van der Waals surface area contributed by atoms with E-state index in [0.29, 0.717) is 18.5 Å². The number of amides is 2. The van der Waals surface area contributed by atoms with Gasteiger partial charge in [-0.1, -0.05) is 60.7 Å². The Hall–Kier alpha value is -3.28. The Kier molecular flexibility index (Phi) is 5.60. The first-order valence-electron chi connectivity index (χ1n) is 11.3. The summed E-state index contributed by atoms with van der Waals surface area (Å²) in [6.45, 7) is 0.503. The van der Waals surface area contributed by atoms with E-state index in [1.54, 1.807) is 4.90 Å². The number of benzene rings is 3. The van der Waals surface area contributed by atoms with Gasteiger partial charge in [-0.15, -0.1) is 0 Å². The summed E-state index contributed by atoms with van der Waals surface area (Å²) in [5.74, 6) is 0. The Morgan fingerprint density at radius 2 is 1.48 bits per heavy atom. The fourth-order valence-corrected chi connectivity index (χ4v) is 5.14. The van der Waals surface area contributed by atoms with Crippen LogP contribution in [0.25, 0.3) is 0 Å². The van der Waals surface area contributed by atoms with Crippen LogP contribution in [0, 0.1) is 0 Å². The molecule has 3 aromatic rings. The minimum atomic E-state index is -4.39. The minimum absolute atomic E-state index is 0.0622. The van der Waals surface area contributed by atoms with Crippen LogP contribution < -0.4 is 5.32 Å². The van der Waals surface area contributed by atoms with Crippen LogP contribution in [0.5, 0.6) is 0 Å². The third-order valence-corrected chi connectivity index (χ3v) is 6.77. The van der Waals surface area contributed by atoms with Crippen molar-refractivity contribution < 1.29 is 18.0 Å². The van der Waals surface area contributed by atoms with E-state index in [-0.39, 0.29) is 12.1 Å². The quantitative estimate of drug-likeness (QED) is 0.479. The Morgan fingerprint density at radius 3 is 2.18 bits per heavy atom. The zero-order valence-electron chi connectivity index (χ0n) is 18.1. The van der Waals surface area contributed by atoms with Crippen LogP contribution in [0.2, 0.25) is 0 Å². The number of nitrogens with zero attached hydrogens (tertiary/aromatic N) is 1. The Morgan fingerprint density at radius 1 is 0.848 bits per heavy atom. The van der Waals surface area contributed by atoms with Gasteiger partial charge in [-0.05, 0) is 65.6 Å². The van der Waals surface area contributed by atoms with Gasteiger partial charge in [-0.2, -0.15) is 13.2 Å². The van der Waals surface area contributed by atoms with Crippen molar-refractivity contribution in [2.75, 3.05) is 6.54 Å². The van der Waals surface area contributed by atoms with E-state index in [1.165, 1.54) is 17.7 Å². The van der Waals surface area contributed by atoms with E-state index in [4.69, 9.17) is 0 Å². The number of hydrogen-bond donors (Lipinski definition) is 1. The van der Waals surface area contributed by atoms with Crippen molar-refractivity contribution in [3.8, 4) is 0 Å². The van der Waals surface area contributed by atoms with Crippen molar-refractivity contribution in [2.45, 2.75) is 43.9 Å². The number of nitrogens with one attached hydrogen (secondary N) is 1. The molecule has 6 heteroatoms. The highest BCUT2D eigenvalue weighted by Gasteiger charge is 2.35. The Bertz CT molecular complexity index is 1160. The van der Waals surface area contributed by atoms with Crippen molar-refractivity contribution in [1.82, 2.24) is 10.2 Å². The number of alkyl halides is 3. The van der Waals surface area contributed by atoms with E-state index in [9.17, 15) is 18.0 Å². The van der Waals surface area contributed by atoms with Crippen LogP contribution in [0.3, 0.4) is 0 Å². The van der Waals surface area contributed by atoms with Crippen LogP contribution in [0.4, 0.5) is 18.0 Å². The molecule has 1 aliphatic heterocycles. The van der Waals surface area contributed by atoms with E-state index >= 15 is 0 Å². The maximum atomic E-state index is 13.5. The lowest BCUT2D eigenvalue weighted by Gasteiger charge is -2.39. The number of carbonyl (C=O) groups excluding carboxylic acids is 1. The molecule has 0 spiro atoms. The molecule has 2 atom stereocenters. The van der Waals surface area contributed by atoms with Gasteiger partial charge in [0.15, 0.2) is 0 Å². The number of carbonyl (C=O) groups is 1. The highest BCUT2D eigenvalue weighted by Crippen LogP contribution is 2.38. The molecule has 0 aromatic heterocycles. The van der Waals surface area contributed by atoms with Gasteiger partial charge in [-0.3, -0.25) is 0 Å². The summed E-state index contributed by atoms with van der Waals surface area (Å²) in [6, 6.07) is 20.5. The highest BCUT2D eigenvalue weighted by atomic mass is 19.4. The molecular formula is C27H25F3N2O. The first-order chi connectivity index (χ1) is 15.9. The maximum absolute atomic E-state index is 13.5. The fourth-order valence-electron chi connectivity index (χ4n) is 5.14. The zero-order chi connectivity index (χ0) is 23.0. The van der Waals surface area contributed by atoms with Gasteiger partial charge in [0.1, 0.15) is 0 Å². The SMILES string of the molecule is O=C(NC1CCCc2ccccc21)N1CCc2ccccc2C1c1ccc(C(F)(F)F)cc1. The normalized spacial score (nSPS) is 20.0. The minimum Gasteiger partial charge on any atom is -0.331 e. The summed E-state index contributed by atoms with van der Waals surface area (Å²) in [7, 11) is 0. The molecule has 170 valence electrons. The second-order valence-corrected chi connectivity index (χ2v) is 8.76. The first kappa shape index (κ1) is 21.6. The molecular weight excluding hydrogens is 425 g/mol. The summed E-state index contributed by atoms with van der Waals surface area (Å²) in [6.07, 6.45) is -0.796. The van der Waals surface area contributed by atoms with Gasteiger partial charge in [0.05, 0.1) is 17.6 Å². The molecule has 2 amide bonds. The van der Waals surface area contributed by atoms with Gasteiger partial charge >= 0.3 is 12.2 Å². The van der Waals surface area contributed by atoms with Gasteiger partial charge in [0, 0.05) is 6.54 Å². The van der Waals surface area contributed by atoms with Gasteiger partial charge < -0.3 is 10.2 Å². The van der Waals surface area contributed by atoms with E-state index < -0.39 is 17.8 Å². The largest absolute Gasteiger partial charge is 0.416 e. The zero-order valence-corrected chi connectivity index (χ0v) is 18.1. The van der Waals surface area contributed by atoms with Crippen LogP contribution >= 0.6 is 0 Å². The summed E-state index contributed by atoms with van der Waals surface area (Å²) in [5.41, 5.74) is 4.48. The number of hydrogen-bond acceptors (Lipinski definition) is 1. The van der Waals surface area contributed by atoms with E-state index in [0.717, 1.165) is 48.1 Å². The van der Waals surface area contributed by atoms with Crippen molar-refractivity contribution >= 4 is 6.03 Å². The Labute approximate surface area is 191 Å². The number of halogens is 3. The summed E-state index contributed by atoms with van der Waals surface area (Å²) < 4.78 is 39.3. The molecule has 1 heterocycles. The molecule has 0 saturated carbocycles. The monoisotopic (exact) mass is 450 g/mol. The van der Waals surface area contributed by atoms with Crippen LogP contribution in [0.1, 0.15) is 58.3 Å². The summed E-state index contributed by atoms with van der Waals surface area (Å²) in [4.78, 5) is 15.3. The van der Waals surface area contributed by atoms with Gasteiger partial charge in [0.2, 0.25) is 0 Å². The molecule has 5 rings (SSSR count). The average molecular weight is 451 g/mol. The standard InChI is InChI=1S/C27H25F3N2O/c28-27(29,30)21-14-12-20(13-15-21)25-23-10-4-2-7-19(23)16-17-32(25)26(33)31-24-11-5-8-18-6-1-3-9-22(18)24/h1-4,6-7,9-10,12-15,24-25H,5,8,11,16-17H2,(H,31,33). The van der Waals surface area contributed by atoms with Crippen molar-refractivity contribution in [1.29, 1.82) is 0 Å². The lowest BCUT2D eigenvalue weighted by molar-refractivity contribution is -0.137. The first-order valence-corrected chi connectivity index (χ1v) is 11.3. The second-order valence-electron chi connectivity index (χ2n) is 8.76. The van der Waals surface area contributed by atoms with Crippen molar-refractivity contribution in [3.63, 3.8) is 0 Å². The topological polar surface area (TPSA) is 32.3 Å². The molecule has 1 N–H and O–H groups in total. The molecule has 0 fully saturated rings. The number of fused-ring (bicyclic) bond motifs is 2. The number of urea groups is 1. The van der Waals surface area contributed by atoms with Crippen LogP contribution in [0.15, 0.2) is 72.8 Å². The number of aryl methyl sites for hydroxylation is 1. The molecule has 3 nitrogen and oxygen atoms in total. The molecule has 3 aromatic carbocycles. The van der Waals surface area contributed by atoms with Crippen molar-refractivity contribution in [3.05, 3.63) is 106 Å². The average Bonchev–Trinajstić information content (AvgIpc) is 2.83. The predicted octanol–water partition coefficient (Wildman–Crippen LogP) is 6.44. The number of rotatable bonds is 2. The molecule has 2 unspecified atom stereocenters. The highest BCUT2D eigenvalue weighted by molar-refractivity contribution is 5.76. The molecule has 1 aliphatic carbocycles. The lowest BCUT2D eigenvalue weighted by atomic mass is 9.87. The smallest absolute Gasteiger partial charge is 0.331 e. The molecule has 0 saturated heterocycles. The van der Waals surface area contributed by atoms with Crippen LogP contribution in [-0.2, 0) is 19.0 Å². The third kappa shape index (κ3) is 4.22. The summed E-state index contributed by atoms with van der Waals surface area (Å²) >= 11 is 0. The van der Waals surface area contributed by atoms with Crippen LogP contribution in [-0.4, -0.2) is 17.5 Å². The maximum Gasteiger partial charge on any atom is 0.416 e. The predicted molar refractivity (Wildman–Crippen MR) is 121 cm³/mol. The van der Waals surface area contributed by atoms with E-state index in [1.807, 2.05) is 36.4 Å². The fraction of sp³-hybridized carbons (Fsp3) is 0.296. The molecule has 2 aliphatic rings. The summed E-state index contributed by atoms with van der Waals surface area (Å²) in [5, 5.41) is 3.22. The van der Waals surface area contributed by atoms with Gasteiger partial charge in [0.25, 0.3) is 0 Å². The molecule has 0 radical (unpaired) electrons. The lowest BCUT2D eigenvalue weighted by Crippen LogP contribution is -2.47. The second kappa shape index (κ2) is 8.58. The Balaban J connectivity index is 1.47. The molecule has 33 heavy (non-hydrogen) atoms. The van der Waals surface area contributed by atoms with E-state index in [2.05, 4.69) is 17.4 Å². The third-order valence-electron chi connectivity index (χ3n) is 6.77. The van der Waals surface area contributed by atoms with Crippen molar-refractivity contribution in [2.24, 2.45) is 0 Å². The molecule has 0 bridgehead atoms. The van der Waals surface area contributed by atoms with Gasteiger partial charge in [-0.25, -0.2) is 4.79 Å².